The van der Waals surface area contributed by atoms with Gasteiger partial charge in [-0.05, 0) is 12.3 Å². The van der Waals surface area contributed by atoms with Gasteiger partial charge in [0, 0.05) is 0 Å². The molecule has 0 aromatic heterocycles. The summed E-state index contributed by atoms with van der Waals surface area (Å²) in [6.45, 7) is 0. The van der Waals surface area contributed by atoms with Gasteiger partial charge in [0.25, 0.3) is 0 Å². The molecule has 2 unspecified atom stereocenters. The Hall–Kier alpha value is -0.830. The van der Waals surface area contributed by atoms with Gasteiger partial charge in [-0.3, -0.25) is 4.79 Å². The van der Waals surface area contributed by atoms with Crippen LogP contribution in [-0.2, 0) is 9.53 Å². The van der Waals surface area contributed by atoms with E-state index in [1.54, 1.807) is 6.08 Å². The summed E-state index contributed by atoms with van der Waals surface area (Å²) in [6, 6.07) is 0. The van der Waals surface area contributed by atoms with Crippen molar-refractivity contribution in [3.05, 3.63) is 12.2 Å². The molecule has 0 saturated heterocycles. The van der Waals surface area contributed by atoms with Gasteiger partial charge in [0.2, 0.25) is 0 Å². The van der Waals surface area contributed by atoms with Crippen molar-refractivity contribution < 1.29 is 14.6 Å². The minimum Gasteiger partial charge on any atom is -0.469 e. The van der Waals surface area contributed by atoms with Gasteiger partial charge < -0.3 is 9.84 Å². The molecule has 0 aromatic carbocycles. The number of aliphatic hydroxyl groups is 1. The molecule has 0 heterocycles. The number of carbonyl (C=O) groups is 1. The van der Waals surface area contributed by atoms with Gasteiger partial charge in [0.05, 0.1) is 19.6 Å². The second kappa shape index (κ2) is 3.53. The lowest BCUT2D eigenvalue weighted by molar-refractivity contribution is -0.141. The van der Waals surface area contributed by atoms with Crippen LogP contribution in [-0.4, -0.2) is 24.3 Å². The number of hydrogen-bond acceptors (Lipinski definition) is 3. The number of ether oxygens (including phenoxy) is 1. The Bertz CT molecular complexity index is 174. The summed E-state index contributed by atoms with van der Waals surface area (Å²) in [5, 5.41) is 9.05. The summed E-state index contributed by atoms with van der Waals surface area (Å²) in [5.41, 5.74) is 0. The lowest BCUT2D eigenvalue weighted by Gasteiger charge is -2.05. The van der Waals surface area contributed by atoms with Gasteiger partial charge in [0.1, 0.15) is 0 Å². The number of hydrogen-bond donors (Lipinski definition) is 1. The van der Waals surface area contributed by atoms with Crippen molar-refractivity contribution in [1.29, 1.82) is 0 Å². The first-order valence-corrected chi connectivity index (χ1v) is 3.65. The average molecular weight is 156 g/mol. The van der Waals surface area contributed by atoms with E-state index in [0.29, 0.717) is 12.8 Å². The zero-order valence-electron chi connectivity index (χ0n) is 6.49. The third kappa shape index (κ3) is 2.35. The van der Waals surface area contributed by atoms with Crippen LogP contribution in [0.4, 0.5) is 0 Å². The van der Waals surface area contributed by atoms with Crippen molar-refractivity contribution in [3.8, 4) is 0 Å². The van der Waals surface area contributed by atoms with Crippen LogP contribution in [0.2, 0.25) is 0 Å². The SMILES string of the molecule is COC(=O)CC1C=CC(O)C1. The molecule has 0 spiro atoms. The largest absolute Gasteiger partial charge is 0.469 e. The zero-order chi connectivity index (χ0) is 8.27. The van der Waals surface area contributed by atoms with Gasteiger partial charge >= 0.3 is 5.97 Å². The lowest BCUT2D eigenvalue weighted by atomic mass is 10.1. The van der Waals surface area contributed by atoms with Crippen LogP contribution in [0.1, 0.15) is 12.8 Å². The smallest absolute Gasteiger partial charge is 0.306 e. The second-order valence-corrected chi connectivity index (χ2v) is 2.73. The molecule has 0 bridgehead atoms. The molecule has 62 valence electrons. The molecule has 0 radical (unpaired) electrons. The van der Waals surface area contributed by atoms with Crippen LogP contribution >= 0.6 is 0 Å². The van der Waals surface area contributed by atoms with E-state index in [1.165, 1.54) is 7.11 Å². The highest BCUT2D eigenvalue weighted by molar-refractivity contribution is 5.69. The maximum atomic E-state index is 10.7. The minimum absolute atomic E-state index is 0.164. The molecule has 0 aliphatic heterocycles. The van der Waals surface area contributed by atoms with E-state index in [2.05, 4.69) is 4.74 Å². The number of carbonyl (C=O) groups excluding carboxylic acids is 1. The maximum Gasteiger partial charge on any atom is 0.306 e. The number of methoxy groups -OCH3 is 1. The van der Waals surface area contributed by atoms with E-state index in [0.717, 1.165) is 0 Å². The fourth-order valence-corrected chi connectivity index (χ4v) is 1.20. The summed E-state index contributed by atoms with van der Waals surface area (Å²) in [4.78, 5) is 10.7. The number of rotatable bonds is 2. The number of aliphatic hydroxyl groups excluding tert-OH is 1. The Balaban J connectivity index is 2.29. The van der Waals surface area contributed by atoms with Crippen LogP contribution in [0.25, 0.3) is 0 Å². The Labute approximate surface area is 65.7 Å². The molecule has 0 aromatic rings. The average Bonchev–Trinajstić information content (AvgIpc) is 2.35. The van der Waals surface area contributed by atoms with Gasteiger partial charge in [-0.2, -0.15) is 0 Å². The van der Waals surface area contributed by atoms with Crippen LogP contribution in [0, 0.1) is 5.92 Å². The predicted octanol–water partition coefficient (Wildman–Crippen LogP) is 0.486. The fraction of sp³-hybridized carbons (Fsp3) is 0.625. The van der Waals surface area contributed by atoms with Crippen LogP contribution < -0.4 is 0 Å². The summed E-state index contributed by atoms with van der Waals surface area (Å²) in [6.07, 6.45) is 4.23. The molecule has 1 aliphatic rings. The van der Waals surface area contributed by atoms with Gasteiger partial charge in [-0.1, -0.05) is 12.2 Å². The van der Waals surface area contributed by atoms with E-state index < -0.39 is 0 Å². The monoisotopic (exact) mass is 156 g/mol. The van der Waals surface area contributed by atoms with E-state index in [-0.39, 0.29) is 18.0 Å². The topological polar surface area (TPSA) is 46.5 Å². The molecule has 0 saturated carbocycles. The van der Waals surface area contributed by atoms with Crippen molar-refractivity contribution in [1.82, 2.24) is 0 Å². The lowest BCUT2D eigenvalue weighted by Crippen LogP contribution is -2.08. The van der Waals surface area contributed by atoms with Crippen LogP contribution in [0.5, 0.6) is 0 Å². The van der Waals surface area contributed by atoms with Crippen LogP contribution in [0.3, 0.4) is 0 Å². The molecule has 2 atom stereocenters. The third-order valence-electron chi connectivity index (χ3n) is 1.81. The van der Waals surface area contributed by atoms with E-state index >= 15 is 0 Å². The van der Waals surface area contributed by atoms with E-state index in [4.69, 9.17) is 5.11 Å². The summed E-state index contributed by atoms with van der Waals surface area (Å²) >= 11 is 0. The Morgan fingerprint density at radius 3 is 2.91 bits per heavy atom. The molecule has 1 N–H and O–H groups in total. The predicted molar refractivity (Wildman–Crippen MR) is 39.9 cm³/mol. The minimum atomic E-state index is -0.371. The van der Waals surface area contributed by atoms with Crippen molar-refractivity contribution in [3.63, 3.8) is 0 Å². The molecule has 1 aliphatic carbocycles. The Morgan fingerprint density at radius 1 is 1.73 bits per heavy atom. The van der Waals surface area contributed by atoms with Crippen molar-refractivity contribution >= 4 is 5.97 Å². The van der Waals surface area contributed by atoms with Gasteiger partial charge in [-0.15, -0.1) is 0 Å². The second-order valence-electron chi connectivity index (χ2n) is 2.73. The van der Waals surface area contributed by atoms with Gasteiger partial charge in [0.15, 0.2) is 0 Å². The highest BCUT2D eigenvalue weighted by Crippen LogP contribution is 2.20. The maximum absolute atomic E-state index is 10.7. The third-order valence-corrected chi connectivity index (χ3v) is 1.81. The van der Waals surface area contributed by atoms with Crippen molar-refractivity contribution in [2.24, 2.45) is 5.92 Å². The van der Waals surface area contributed by atoms with Gasteiger partial charge in [-0.25, -0.2) is 0 Å². The highest BCUT2D eigenvalue weighted by atomic mass is 16.5. The summed E-state index contributed by atoms with van der Waals surface area (Å²) < 4.78 is 4.49. The zero-order valence-corrected chi connectivity index (χ0v) is 6.49. The van der Waals surface area contributed by atoms with Crippen molar-refractivity contribution in [2.45, 2.75) is 18.9 Å². The summed E-state index contributed by atoms with van der Waals surface area (Å²) in [7, 11) is 1.37. The first-order valence-electron chi connectivity index (χ1n) is 3.65. The quantitative estimate of drug-likeness (QED) is 0.467. The number of esters is 1. The number of allylic oxidation sites excluding steroid dienone is 1. The molecule has 11 heavy (non-hydrogen) atoms. The summed E-state index contributed by atoms with van der Waals surface area (Å²) in [5.74, 6) is -0.0498. The first kappa shape index (κ1) is 8.27. The first-order chi connectivity index (χ1) is 5.22. The molecule has 0 fully saturated rings. The highest BCUT2D eigenvalue weighted by Gasteiger charge is 2.19. The molecule has 0 amide bonds. The van der Waals surface area contributed by atoms with E-state index in [1.807, 2.05) is 6.08 Å². The molecular weight excluding hydrogens is 144 g/mol. The molecule has 3 heteroatoms. The molecular formula is C8H12O3. The fourth-order valence-electron chi connectivity index (χ4n) is 1.20. The van der Waals surface area contributed by atoms with Crippen molar-refractivity contribution in [2.75, 3.05) is 7.11 Å². The van der Waals surface area contributed by atoms with E-state index in [9.17, 15) is 4.79 Å². The Morgan fingerprint density at radius 2 is 2.45 bits per heavy atom. The van der Waals surface area contributed by atoms with Crippen LogP contribution in [0.15, 0.2) is 12.2 Å². The molecule has 1 rings (SSSR count). The standard InChI is InChI=1S/C8H12O3/c1-11-8(10)5-6-2-3-7(9)4-6/h2-3,6-7,9H,4-5H2,1H3. The Kier molecular flexibility index (Phi) is 2.65. The molecule has 3 nitrogen and oxygen atoms in total. The normalized spacial score (nSPS) is 28.9.